The Hall–Kier alpha value is -2.54. The van der Waals surface area contributed by atoms with Gasteiger partial charge in [-0.2, -0.15) is 0 Å². The Bertz CT molecular complexity index is 761. The van der Waals surface area contributed by atoms with Crippen LogP contribution in [0.2, 0.25) is 0 Å². The molecule has 1 nitrogen and oxygen atoms in total. The topological polar surface area (TPSA) is 9.23 Å². The van der Waals surface area contributed by atoms with E-state index in [-0.39, 0.29) is 0 Å². The minimum Gasteiger partial charge on any atom is -0.496 e. The van der Waals surface area contributed by atoms with Crippen LogP contribution in [0.5, 0.6) is 5.75 Å². The van der Waals surface area contributed by atoms with Crippen molar-refractivity contribution in [2.24, 2.45) is 0 Å². The number of ether oxygens (including phenoxy) is 1. The summed E-state index contributed by atoms with van der Waals surface area (Å²) in [6.07, 6.45) is 2.05. The molecule has 0 spiro atoms. The molecule has 23 heavy (non-hydrogen) atoms. The van der Waals surface area contributed by atoms with Crippen LogP contribution >= 0.6 is 0 Å². The Labute approximate surface area is 138 Å². The summed E-state index contributed by atoms with van der Waals surface area (Å²) in [5.41, 5.74) is 5.82. The van der Waals surface area contributed by atoms with Gasteiger partial charge in [-0.3, -0.25) is 0 Å². The average Bonchev–Trinajstić information content (AvgIpc) is 2.63. The van der Waals surface area contributed by atoms with Crippen molar-refractivity contribution in [1.82, 2.24) is 0 Å². The number of benzene rings is 3. The predicted octanol–water partition coefficient (Wildman–Crippen LogP) is 5.78. The second kappa shape index (κ2) is 7.15. The zero-order valence-corrected chi connectivity index (χ0v) is 13.7. The Kier molecular flexibility index (Phi) is 4.77. The maximum atomic E-state index is 5.81. The molecule has 0 bridgehead atoms. The summed E-state index contributed by atoms with van der Waals surface area (Å²) < 4.78 is 5.81. The van der Waals surface area contributed by atoms with E-state index in [1.807, 2.05) is 12.1 Å². The molecule has 0 atom stereocenters. The summed E-state index contributed by atoms with van der Waals surface area (Å²) in [6.45, 7) is 2.18. The molecular formula is C22H21O. The van der Waals surface area contributed by atoms with Crippen LogP contribution in [-0.2, 0) is 6.42 Å². The molecule has 3 rings (SSSR count). The number of methoxy groups -OCH3 is 1. The molecule has 0 aliphatic heterocycles. The average molecular weight is 301 g/mol. The minimum atomic E-state index is 0.944. The molecule has 1 radical (unpaired) electrons. The quantitative estimate of drug-likeness (QED) is 0.580. The fraction of sp³-hybridized carbons (Fsp3) is 0.182. The van der Waals surface area contributed by atoms with Crippen molar-refractivity contribution in [1.29, 1.82) is 0 Å². The molecule has 1 heteroatoms. The van der Waals surface area contributed by atoms with Crippen molar-refractivity contribution in [3.8, 4) is 28.0 Å². The third-order valence-electron chi connectivity index (χ3n) is 4.01. The molecule has 0 aromatic heterocycles. The smallest absolute Gasteiger partial charge is 0.131 e. The van der Waals surface area contributed by atoms with Crippen LogP contribution in [0.4, 0.5) is 0 Å². The summed E-state index contributed by atoms with van der Waals surface area (Å²) in [4.78, 5) is 0. The molecule has 0 saturated carbocycles. The number of aryl methyl sites for hydroxylation is 1. The second-order valence-electron chi connectivity index (χ2n) is 5.57. The Balaban J connectivity index is 2.28. The zero-order valence-electron chi connectivity index (χ0n) is 13.7. The second-order valence-corrected chi connectivity index (χ2v) is 5.57. The van der Waals surface area contributed by atoms with Gasteiger partial charge in [0.25, 0.3) is 0 Å². The lowest BCUT2D eigenvalue weighted by atomic mass is 9.90. The van der Waals surface area contributed by atoms with E-state index >= 15 is 0 Å². The highest BCUT2D eigenvalue weighted by molar-refractivity contribution is 5.88. The molecule has 0 aliphatic carbocycles. The van der Waals surface area contributed by atoms with E-state index in [0.717, 1.165) is 35.3 Å². The fourth-order valence-electron chi connectivity index (χ4n) is 2.97. The molecule has 0 aliphatic rings. The first-order valence-corrected chi connectivity index (χ1v) is 8.07. The van der Waals surface area contributed by atoms with Crippen LogP contribution in [-0.4, -0.2) is 7.11 Å². The monoisotopic (exact) mass is 301 g/mol. The third kappa shape index (κ3) is 3.14. The standard InChI is InChI=1S/C22H21O/c1-3-10-19-15-16-20(17-11-6-4-7-12-17)21(22(19)23-2)18-13-8-5-9-14-18/h4-9,11-14,16H,3,10H2,1-2H3. The van der Waals surface area contributed by atoms with Crippen LogP contribution in [0.15, 0.2) is 66.7 Å². The van der Waals surface area contributed by atoms with Crippen molar-refractivity contribution in [2.45, 2.75) is 19.8 Å². The molecule has 0 saturated heterocycles. The molecular weight excluding hydrogens is 280 g/mol. The van der Waals surface area contributed by atoms with Crippen molar-refractivity contribution >= 4 is 0 Å². The van der Waals surface area contributed by atoms with Gasteiger partial charge in [0.2, 0.25) is 0 Å². The third-order valence-corrected chi connectivity index (χ3v) is 4.01. The lowest BCUT2D eigenvalue weighted by molar-refractivity contribution is 0.411. The van der Waals surface area contributed by atoms with E-state index in [1.165, 1.54) is 11.1 Å². The Morgan fingerprint density at radius 2 is 1.48 bits per heavy atom. The van der Waals surface area contributed by atoms with E-state index in [4.69, 9.17) is 4.74 Å². The molecule has 115 valence electrons. The summed E-state index contributed by atoms with van der Waals surface area (Å²) in [5, 5.41) is 0. The van der Waals surface area contributed by atoms with Gasteiger partial charge in [0.1, 0.15) is 5.75 Å². The summed E-state index contributed by atoms with van der Waals surface area (Å²) in [5.74, 6) is 0.944. The van der Waals surface area contributed by atoms with Gasteiger partial charge in [-0.1, -0.05) is 74.0 Å². The van der Waals surface area contributed by atoms with Gasteiger partial charge in [0.15, 0.2) is 0 Å². The van der Waals surface area contributed by atoms with E-state index in [1.54, 1.807) is 7.11 Å². The van der Waals surface area contributed by atoms with Crippen molar-refractivity contribution in [3.05, 3.63) is 78.4 Å². The first-order valence-electron chi connectivity index (χ1n) is 8.07. The van der Waals surface area contributed by atoms with Crippen LogP contribution in [0, 0.1) is 6.07 Å². The maximum absolute atomic E-state index is 5.81. The Morgan fingerprint density at radius 1 is 0.870 bits per heavy atom. The fourth-order valence-corrected chi connectivity index (χ4v) is 2.97. The lowest BCUT2D eigenvalue weighted by Crippen LogP contribution is -1.98. The van der Waals surface area contributed by atoms with E-state index < -0.39 is 0 Å². The normalized spacial score (nSPS) is 10.5. The number of hydrogen-bond donors (Lipinski definition) is 0. The van der Waals surface area contributed by atoms with E-state index in [9.17, 15) is 0 Å². The number of rotatable bonds is 5. The van der Waals surface area contributed by atoms with E-state index in [2.05, 4.69) is 67.6 Å². The number of hydrogen-bond acceptors (Lipinski definition) is 1. The zero-order chi connectivity index (χ0) is 16.1. The SMILES string of the molecule is CCCc1[c]cc(-c2ccccc2)c(-c2ccccc2)c1OC. The molecule has 0 amide bonds. The van der Waals surface area contributed by atoms with Crippen molar-refractivity contribution in [3.63, 3.8) is 0 Å². The largest absolute Gasteiger partial charge is 0.496 e. The summed E-state index contributed by atoms with van der Waals surface area (Å²) in [6, 6.07) is 26.4. The highest BCUT2D eigenvalue weighted by atomic mass is 16.5. The minimum absolute atomic E-state index is 0.944. The molecule has 0 unspecified atom stereocenters. The highest BCUT2D eigenvalue weighted by Gasteiger charge is 2.16. The molecule has 3 aromatic carbocycles. The predicted molar refractivity (Wildman–Crippen MR) is 96.7 cm³/mol. The van der Waals surface area contributed by atoms with Gasteiger partial charge in [-0.15, -0.1) is 0 Å². The van der Waals surface area contributed by atoms with Crippen LogP contribution in [0.25, 0.3) is 22.3 Å². The first kappa shape index (κ1) is 15.4. The molecule has 0 heterocycles. The Morgan fingerprint density at radius 3 is 2.04 bits per heavy atom. The lowest BCUT2D eigenvalue weighted by Gasteiger charge is -2.18. The molecule has 0 N–H and O–H groups in total. The maximum Gasteiger partial charge on any atom is 0.131 e. The van der Waals surface area contributed by atoms with Gasteiger partial charge in [0, 0.05) is 11.1 Å². The molecule has 3 aromatic rings. The van der Waals surface area contributed by atoms with Gasteiger partial charge < -0.3 is 4.74 Å². The highest BCUT2D eigenvalue weighted by Crippen LogP contribution is 2.41. The summed E-state index contributed by atoms with van der Waals surface area (Å²) >= 11 is 0. The van der Waals surface area contributed by atoms with E-state index in [0.29, 0.717) is 0 Å². The van der Waals surface area contributed by atoms with Gasteiger partial charge >= 0.3 is 0 Å². The molecule has 0 fully saturated rings. The summed E-state index contributed by atoms with van der Waals surface area (Å²) in [7, 11) is 1.75. The van der Waals surface area contributed by atoms with Crippen molar-refractivity contribution < 1.29 is 4.74 Å². The van der Waals surface area contributed by atoms with Crippen LogP contribution in [0.3, 0.4) is 0 Å². The first-order chi connectivity index (χ1) is 11.3. The van der Waals surface area contributed by atoms with Crippen molar-refractivity contribution in [2.75, 3.05) is 7.11 Å². The van der Waals surface area contributed by atoms with Crippen LogP contribution < -0.4 is 4.74 Å². The van der Waals surface area contributed by atoms with Gasteiger partial charge in [-0.05, 0) is 35.2 Å². The van der Waals surface area contributed by atoms with Gasteiger partial charge in [-0.25, -0.2) is 0 Å². The van der Waals surface area contributed by atoms with Crippen LogP contribution in [0.1, 0.15) is 18.9 Å². The van der Waals surface area contributed by atoms with Gasteiger partial charge in [0.05, 0.1) is 7.11 Å².